The third-order valence-electron chi connectivity index (χ3n) is 4.40. The molecule has 2 fully saturated rings. The van der Waals surface area contributed by atoms with Crippen LogP contribution in [-0.4, -0.2) is 0 Å². The molecule has 14 heavy (non-hydrogen) atoms. The molecule has 0 spiro atoms. The first-order chi connectivity index (χ1) is 6.90. The van der Waals surface area contributed by atoms with Crippen molar-refractivity contribution in [3.05, 3.63) is 0 Å². The Morgan fingerprint density at radius 2 is 1.57 bits per heavy atom. The molecule has 0 N–H and O–H groups in total. The predicted molar refractivity (Wildman–Crippen MR) is 62.3 cm³/mol. The molecule has 0 saturated heterocycles. The van der Waals surface area contributed by atoms with Crippen molar-refractivity contribution in [3.63, 3.8) is 0 Å². The monoisotopic (exact) mass is 194 g/mol. The van der Waals surface area contributed by atoms with Crippen LogP contribution < -0.4 is 0 Å². The molecule has 0 nitrogen and oxygen atoms in total. The van der Waals surface area contributed by atoms with Gasteiger partial charge in [0.05, 0.1) is 0 Å². The maximum absolute atomic E-state index is 2.33. The molecule has 0 aromatic rings. The zero-order valence-electron chi connectivity index (χ0n) is 9.80. The van der Waals surface area contributed by atoms with Crippen molar-refractivity contribution < 1.29 is 0 Å². The molecule has 0 heterocycles. The fourth-order valence-corrected chi connectivity index (χ4v) is 3.31. The van der Waals surface area contributed by atoms with E-state index in [2.05, 4.69) is 6.92 Å². The summed E-state index contributed by atoms with van der Waals surface area (Å²) in [6.07, 6.45) is 15.3. The molecule has 0 aromatic heterocycles. The fourth-order valence-electron chi connectivity index (χ4n) is 3.31. The summed E-state index contributed by atoms with van der Waals surface area (Å²) in [4.78, 5) is 0. The van der Waals surface area contributed by atoms with E-state index in [0.717, 1.165) is 17.8 Å². The summed E-state index contributed by atoms with van der Waals surface area (Å²) in [6.45, 7) is 2.33. The molecule has 0 aliphatic heterocycles. The Balaban J connectivity index is 1.54. The molecule has 0 bridgehead atoms. The Morgan fingerprint density at radius 3 is 2.29 bits per heavy atom. The van der Waals surface area contributed by atoms with Crippen molar-refractivity contribution in [2.75, 3.05) is 0 Å². The minimum Gasteiger partial charge on any atom is -0.0654 e. The van der Waals surface area contributed by atoms with E-state index < -0.39 is 0 Å². The Hall–Kier alpha value is 0. The predicted octanol–water partition coefficient (Wildman–Crippen LogP) is 4.78. The van der Waals surface area contributed by atoms with Gasteiger partial charge in [-0.1, -0.05) is 58.3 Å². The van der Waals surface area contributed by atoms with Gasteiger partial charge in [-0.3, -0.25) is 0 Å². The molecule has 2 atom stereocenters. The first kappa shape index (κ1) is 10.5. The van der Waals surface area contributed by atoms with Crippen molar-refractivity contribution in [2.45, 2.75) is 71.1 Å². The van der Waals surface area contributed by atoms with Crippen LogP contribution in [0.5, 0.6) is 0 Å². The van der Waals surface area contributed by atoms with Crippen LogP contribution in [0.4, 0.5) is 0 Å². The summed E-state index contributed by atoms with van der Waals surface area (Å²) in [6, 6.07) is 0. The third kappa shape index (κ3) is 3.00. The molecule has 2 aliphatic carbocycles. The molecule has 2 rings (SSSR count). The Morgan fingerprint density at radius 1 is 0.857 bits per heavy atom. The zero-order chi connectivity index (χ0) is 9.80. The van der Waals surface area contributed by atoms with Gasteiger partial charge >= 0.3 is 0 Å². The van der Waals surface area contributed by atoms with E-state index in [4.69, 9.17) is 0 Å². The smallest absolute Gasteiger partial charge is 0.0383 e. The summed E-state index contributed by atoms with van der Waals surface area (Å²) in [5.74, 6) is 3.41. The highest BCUT2D eigenvalue weighted by molar-refractivity contribution is 4.86. The first-order valence-electron chi connectivity index (χ1n) is 6.90. The lowest BCUT2D eigenvalue weighted by Gasteiger charge is -2.21. The Bertz CT molecular complexity index is 155. The van der Waals surface area contributed by atoms with E-state index in [-0.39, 0.29) is 0 Å². The average molecular weight is 194 g/mol. The standard InChI is InChI=1S/C14H26/c1-2-6-13-11-14(13)10-9-12-7-4-3-5-8-12/h12-14H,2-11H2,1H3. The van der Waals surface area contributed by atoms with Crippen LogP contribution in [0.1, 0.15) is 71.1 Å². The third-order valence-corrected chi connectivity index (χ3v) is 4.40. The molecular formula is C14H26. The van der Waals surface area contributed by atoms with Gasteiger partial charge in [-0.15, -0.1) is 0 Å². The lowest BCUT2D eigenvalue weighted by molar-refractivity contribution is 0.324. The molecular weight excluding hydrogens is 168 g/mol. The Labute approximate surface area is 89.5 Å². The SMILES string of the molecule is CCCC1CC1CCC1CCCCC1. The quantitative estimate of drug-likeness (QED) is 0.590. The highest BCUT2D eigenvalue weighted by atomic mass is 14.4. The fraction of sp³-hybridized carbons (Fsp3) is 1.00. The van der Waals surface area contributed by atoms with Crippen molar-refractivity contribution >= 4 is 0 Å². The van der Waals surface area contributed by atoms with E-state index in [9.17, 15) is 0 Å². The summed E-state index contributed by atoms with van der Waals surface area (Å²) in [5.41, 5.74) is 0. The lowest BCUT2D eigenvalue weighted by atomic mass is 9.85. The minimum atomic E-state index is 1.12. The number of hydrogen-bond donors (Lipinski definition) is 0. The van der Waals surface area contributed by atoms with Gasteiger partial charge in [0.2, 0.25) is 0 Å². The van der Waals surface area contributed by atoms with Gasteiger partial charge in [0, 0.05) is 0 Å². The van der Waals surface area contributed by atoms with E-state index in [1.807, 2.05) is 0 Å². The van der Waals surface area contributed by atoms with Crippen molar-refractivity contribution in [2.24, 2.45) is 17.8 Å². The van der Waals surface area contributed by atoms with E-state index >= 15 is 0 Å². The largest absolute Gasteiger partial charge is 0.0654 e. The van der Waals surface area contributed by atoms with Crippen LogP contribution in [0.25, 0.3) is 0 Å². The molecule has 0 amide bonds. The molecule has 0 radical (unpaired) electrons. The van der Waals surface area contributed by atoms with Crippen LogP contribution in [0, 0.1) is 17.8 Å². The second-order valence-corrected chi connectivity index (χ2v) is 5.63. The van der Waals surface area contributed by atoms with Crippen molar-refractivity contribution in [3.8, 4) is 0 Å². The summed E-state index contributed by atoms with van der Waals surface area (Å²) in [5, 5.41) is 0. The van der Waals surface area contributed by atoms with Crippen LogP contribution in [0.2, 0.25) is 0 Å². The van der Waals surface area contributed by atoms with E-state index in [0.29, 0.717) is 0 Å². The van der Waals surface area contributed by atoms with Gasteiger partial charge in [0.1, 0.15) is 0 Å². The topological polar surface area (TPSA) is 0 Å². The normalized spacial score (nSPS) is 33.2. The number of hydrogen-bond acceptors (Lipinski definition) is 0. The summed E-state index contributed by atoms with van der Waals surface area (Å²) >= 11 is 0. The maximum Gasteiger partial charge on any atom is -0.0383 e. The van der Waals surface area contributed by atoms with E-state index in [1.165, 1.54) is 32.1 Å². The minimum absolute atomic E-state index is 1.12. The lowest BCUT2D eigenvalue weighted by Crippen LogP contribution is -2.06. The molecule has 2 aliphatic rings. The molecule has 0 heteroatoms. The first-order valence-corrected chi connectivity index (χ1v) is 6.90. The molecule has 0 aromatic carbocycles. The highest BCUT2D eigenvalue weighted by Crippen LogP contribution is 2.46. The molecule has 82 valence electrons. The van der Waals surface area contributed by atoms with E-state index in [1.54, 1.807) is 32.1 Å². The van der Waals surface area contributed by atoms with Gasteiger partial charge in [-0.25, -0.2) is 0 Å². The van der Waals surface area contributed by atoms with Gasteiger partial charge in [0.25, 0.3) is 0 Å². The van der Waals surface area contributed by atoms with Gasteiger partial charge in [0.15, 0.2) is 0 Å². The van der Waals surface area contributed by atoms with Gasteiger partial charge in [-0.05, 0) is 30.6 Å². The second-order valence-electron chi connectivity index (χ2n) is 5.63. The van der Waals surface area contributed by atoms with Crippen LogP contribution in [0.15, 0.2) is 0 Å². The average Bonchev–Trinajstić information content (AvgIpc) is 2.96. The van der Waals surface area contributed by atoms with Crippen LogP contribution in [0.3, 0.4) is 0 Å². The zero-order valence-corrected chi connectivity index (χ0v) is 9.80. The molecule has 2 saturated carbocycles. The van der Waals surface area contributed by atoms with Crippen molar-refractivity contribution in [1.82, 2.24) is 0 Å². The molecule has 2 unspecified atom stereocenters. The maximum atomic E-state index is 2.33. The van der Waals surface area contributed by atoms with Crippen molar-refractivity contribution in [1.29, 1.82) is 0 Å². The van der Waals surface area contributed by atoms with Gasteiger partial charge in [-0.2, -0.15) is 0 Å². The second kappa shape index (κ2) is 5.19. The summed E-state index contributed by atoms with van der Waals surface area (Å²) in [7, 11) is 0. The van der Waals surface area contributed by atoms with Crippen LogP contribution >= 0.6 is 0 Å². The summed E-state index contributed by atoms with van der Waals surface area (Å²) < 4.78 is 0. The Kier molecular flexibility index (Phi) is 3.89. The van der Waals surface area contributed by atoms with Crippen LogP contribution in [-0.2, 0) is 0 Å². The van der Waals surface area contributed by atoms with Gasteiger partial charge < -0.3 is 0 Å². The number of rotatable bonds is 5. The highest BCUT2D eigenvalue weighted by Gasteiger charge is 2.35.